The highest BCUT2D eigenvalue weighted by atomic mass is 32.1. The van der Waals surface area contributed by atoms with Crippen LogP contribution in [0.5, 0.6) is 0 Å². The van der Waals surface area contributed by atoms with E-state index in [4.69, 9.17) is 5.73 Å². The van der Waals surface area contributed by atoms with E-state index in [0.29, 0.717) is 10.4 Å². The molecule has 0 unspecified atom stereocenters. The van der Waals surface area contributed by atoms with Crippen molar-refractivity contribution >= 4 is 27.4 Å². The number of hydrogen-bond donors (Lipinski definition) is 1. The van der Waals surface area contributed by atoms with E-state index in [2.05, 4.69) is 4.98 Å². The number of fused-ring (bicyclic) bond motifs is 1. The third-order valence-corrected chi connectivity index (χ3v) is 5.00. The summed E-state index contributed by atoms with van der Waals surface area (Å²) < 4.78 is 42.9. The highest BCUT2D eigenvalue weighted by Crippen LogP contribution is 2.28. The number of aromatic nitrogens is 2. The van der Waals surface area contributed by atoms with Gasteiger partial charge in [0.15, 0.2) is 16.4 Å². The number of anilines is 1. The Bertz CT molecular complexity index is 1220. The van der Waals surface area contributed by atoms with E-state index in [9.17, 15) is 18.0 Å². The van der Waals surface area contributed by atoms with Crippen LogP contribution in [0, 0.1) is 17.5 Å². The molecule has 0 aliphatic heterocycles. The van der Waals surface area contributed by atoms with Gasteiger partial charge in [-0.05, 0) is 23.8 Å². The number of rotatable bonds is 3. The van der Waals surface area contributed by atoms with Crippen molar-refractivity contribution in [1.82, 2.24) is 9.55 Å². The highest BCUT2D eigenvalue weighted by Gasteiger charge is 2.17. The smallest absolute Gasteiger partial charge is 0.198 e. The number of benzene rings is 2. The third kappa shape index (κ3) is 3.19. The minimum absolute atomic E-state index is 0.0213. The van der Waals surface area contributed by atoms with E-state index >= 15 is 0 Å². The summed E-state index contributed by atoms with van der Waals surface area (Å²) in [5.74, 6) is -2.08. The molecule has 0 bridgehead atoms. The Balaban J connectivity index is 1.99. The average Bonchev–Trinajstić information content (AvgIpc) is 3.05. The molecule has 2 aromatic heterocycles. The Kier molecular flexibility index (Phi) is 4.19. The minimum atomic E-state index is -0.848. The molecule has 0 saturated carbocycles. The zero-order valence-electron chi connectivity index (χ0n) is 13.7. The first-order valence-corrected chi connectivity index (χ1v) is 8.72. The molecule has 0 saturated heterocycles. The largest absolute Gasteiger partial charge is 0.375 e. The molecule has 4 rings (SSSR count). The Labute approximate surface area is 155 Å². The molecular formula is C19H12F3N3OS. The second-order valence-corrected chi connectivity index (χ2v) is 7.04. The van der Waals surface area contributed by atoms with Crippen molar-refractivity contribution in [2.45, 2.75) is 6.54 Å². The zero-order valence-corrected chi connectivity index (χ0v) is 14.6. The molecule has 0 atom stereocenters. The molecule has 2 N–H and O–H groups in total. The van der Waals surface area contributed by atoms with Gasteiger partial charge in [0.1, 0.15) is 11.6 Å². The Morgan fingerprint density at radius 3 is 2.48 bits per heavy atom. The fraction of sp³-hybridized carbons (Fsp3) is 0.0526. The van der Waals surface area contributed by atoms with Crippen LogP contribution in [-0.4, -0.2) is 9.55 Å². The maximum atomic E-state index is 14.5. The maximum absolute atomic E-state index is 14.5. The van der Waals surface area contributed by atoms with Gasteiger partial charge >= 0.3 is 0 Å². The number of halogens is 3. The summed E-state index contributed by atoms with van der Waals surface area (Å²) in [5.41, 5.74) is 6.05. The lowest BCUT2D eigenvalue weighted by atomic mass is 10.1. The molecule has 0 spiro atoms. The van der Waals surface area contributed by atoms with Crippen molar-refractivity contribution in [3.63, 3.8) is 0 Å². The van der Waals surface area contributed by atoms with Gasteiger partial charge in [-0.2, -0.15) is 0 Å². The SMILES string of the molecule is Nc1ncc(-c2cn(Cc3ccc(F)cc3)c3c(F)cc(F)cc3c2=O)s1. The van der Waals surface area contributed by atoms with Crippen LogP contribution < -0.4 is 11.2 Å². The van der Waals surface area contributed by atoms with Crippen LogP contribution >= 0.6 is 11.3 Å². The van der Waals surface area contributed by atoms with Gasteiger partial charge < -0.3 is 10.3 Å². The Morgan fingerprint density at radius 2 is 1.81 bits per heavy atom. The van der Waals surface area contributed by atoms with Crippen LogP contribution in [0.3, 0.4) is 0 Å². The van der Waals surface area contributed by atoms with Crippen LogP contribution in [-0.2, 0) is 6.54 Å². The third-order valence-electron chi connectivity index (χ3n) is 4.14. The quantitative estimate of drug-likeness (QED) is 0.574. The second-order valence-electron chi connectivity index (χ2n) is 5.97. The average molecular weight is 387 g/mol. The normalized spacial score (nSPS) is 11.2. The number of pyridine rings is 1. The summed E-state index contributed by atoms with van der Waals surface area (Å²) in [5, 5.41) is 0.194. The molecule has 0 amide bonds. The Morgan fingerprint density at radius 1 is 1.07 bits per heavy atom. The van der Waals surface area contributed by atoms with Crippen LogP contribution in [0.15, 0.2) is 53.6 Å². The van der Waals surface area contributed by atoms with Gasteiger partial charge in [-0.1, -0.05) is 23.5 Å². The van der Waals surface area contributed by atoms with Crippen LogP contribution in [0.1, 0.15) is 5.56 Å². The molecule has 136 valence electrons. The molecular weight excluding hydrogens is 375 g/mol. The molecule has 8 heteroatoms. The lowest BCUT2D eigenvalue weighted by Gasteiger charge is -2.14. The number of nitrogens with two attached hydrogens (primary N) is 1. The van der Waals surface area contributed by atoms with Crippen molar-refractivity contribution in [1.29, 1.82) is 0 Å². The van der Waals surface area contributed by atoms with E-state index in [1.54, 1.807) is 12.1 Å². The van der Waals surface area contributed by atoms with Gasteiger partial charge in [0.2, 0.25) is 0 Å². The first-order chi connectivity index (χ1) is 12.9. The lowest BCUT2D eigenvalue weighted by molar-refractivity contribution is 0.585. The van der Waals surface area contributed by atoms with Crippen LogP contribution in [0.4, 0.5) is 18.3 Å². The van der Waals surface area contributed by atoms with E-state index < -0.39 is 22.9 Å². The summed E-state index contributed by atoms with van der Waals surface area (Å²) in [6, 6.07) is 7.45. The summed E-state index contributed by atoms with van der Waals surface area (Å²) in [4.78, 5) is 17.3. The van der Waals surface area contributed by atoms with Gasteiger partial charge in [-0.3, -0.25) is 4.79 Å². The first-order valence-electron chi connectivity index (χ1n) is 7.90. The van der Waals surface area contributed by atoms with Crippen molar-refractivity contribution in [3.8, 4) is 10.4 Å². The molecule has 0 aliphatic carbocycles. The zero-order chi connectivity index (χ0) is 19.1. The fourth-order valence-corrected chi connectivity index (χ4v) is 3.65. The number of thiazole rings is 1. The number of nitrogen functional groups attached to an aromatic ring is 1. The molecule has 0 fully saturated rings. The molecule has 2 heterocycles. The van der Waals surface area contributed by atoms with E-state index in [1.807, 2.05) is 0 Å². The van der Waals surface area contributed by atoms with Gasteiger partial charge in [0.05, 0.1) is 21.3 Å². The predicted molar refractivity (Wildman–Crippen MR) is 99.1 cm³/mol. The second kappa shape index (κ2) is 6.55. The van der Waals surface area contributed by atoms with Crippen LogP contribution in [0.25, 0.3) is 21.3 Å². The summed E-state index contributed by atoms with van der Waals surface area (Å²) in [6.07, 6.45) is 2.93. The fourth-order valence-electron chi connectivity index (χ4n) is 2.95. The van der Waals surface area contributed by atoms with Gasteiger partial charge in [-0.15, -0.1) is 0 Å². The number of hydrogen-bond acceptors (Lipinski definition) is 4. The van der Waals surface area contributed by atoms with Gasteiger partial charge in [0.25, 0.3) is 0 Å². The van der Waals surface area contributed by atoms with E-state index in [0.717, 1.165) is 23.5 Å². The topological polar surface area (TPSA) is 60.9 Å². The predicted octanol–water partition coefficient (Wildman–Crippen LogP) is 4.17. The maximum Gasteiger partial charge on any atom is 0.198 e. The minimum Gasteiger partial charge on any atom is -0.375 e. The lowest BCUT2D eigenvalue weighted by Crippen LogP contribution is -2.14. The molecule has 0 radical (unpaired) electrons. The number of nitrogens with zero attached hydrogens (tertiary/aromatic N) is 2. The summed E-state index contributed by atoms with van der Waals surface area (Å²) in [7, 11) is 0. The highest BCUT2D eigenvalue weighted by molar-refractivity contribution is 7.18. The molecule has 4 nitrogen and oxygen atoms in total. The molecule has 27 heavy (non-hydrogen) atoms. The van der Waals surface area contributed by atoms with Crippen molar-refractivity contribution in [2.24, 2.45) is 0 Å². The summed E-state index contributed by atoms with van der Waals surface area (Å²) >= 11 is 1.11. The standard InChI is InChI=1S/C19H12F3N3OS/c20-11-3-1-10(2-4-11)8-25-9-14(16-7-24-19(23)27-16)18(26)13-5-12(21)6-15(22)17(13)25/h1-7,9H,8H2,(H2,23,24). The van der Waals surface area contributed by atoms with Crippen molar-refractivity contribution < 1.29 is 13.2 Å². The first kappa shape index (κ1) is 17.3. The van der Waals surface area contributed by atoms with Gasteiger partial charge in [0, 0.05) is 25.0 Å². The van der Waals surface area contributed by atoms with E-state index in [1.165, 1.54) is 29.1 Å². The molecule has 0 aliphatic rings. The molecule has 2 aromatic carbocycles. The van der Waals surface area contributed by atoms with Crippen LogP contribution in [0.2, 0.25) is 0 Å². The monoisotopic (exact) mass is 387 g/mol. The van der Waals surface area contributed by atoms with Crippen molar-refractivity contribution in [2.75, 3.05) is 5.73 Å². The summed E-state index contributed by atoms with van der Waals surface area (Å²) in [6.45, 7) is 0.168. The van der Waals surface area contributed by atoms with Crippen molar-refractivity contribution in [3.05, 3.63) is 82.0 Å². The molecule has 4 aromatic rings. The Hall–Kier alpha value is -3.13. The van der Waals surface area contributed by atoms with Gasteiger partial charge in [-0.25, -0.2) is 18.2 Å². The van der Waals surface area contributed by atoms with E-state index in [-0.39, 0.29) is 28.1 Å².